The van der Waals surface area contributed by atoms with Gasteiger partial charge in [-0.1, -0.05) is 24.3 Å². The van der Waals surface area contributed by atoms with Crippen LogP contribution in [0.1, 0.15) is 17.4 Å². The topological polar surface area (TPSA) is 48.4 Å². The largest absolute Gasteiger partial charge is 0.497 e. The summed E-state index contributed by atoms with van der Waals surface area (Å²) >= 11 is 3.48. The summed E-state index contributed by atoms with van der Waals surface area (Å²) in [4.78, 5) is 0. The van der Waals surface area contributed by atoms with Crippen molar-refractivity contribution in [2.45, 2.75) is 6.04 Å². The Morgan fingerprint density at radius 1 is 1.15 bits per heavy atom. The summed E-state index contributed by atoms with van der Waals surface area (Å²) in [5, 5.41) is 1.03. The smallest absolute Gasteiger partial charge is 0.148 e. The van der Waals surface area contributed by atoms with Crippen molar-refractivity contribution in [1.82, 2.24) is 0 Å². The normalized spacial score (nSPS) is 12.6. The van der Waals surface area contributed by atoms with Gasteiger partial charge in [0.25, 0.3) is 0 Å². The van der Waals surface area contributed by atoms with Crippen LogP contribution >= 0.6 is 15.9 Å². The Balaban J connectivity index is 2.03. The molecule has 0 bridgehead atoms. The maximum atomic E-state index is 6.29. The Morgan fingerprint density at radius 3 is 2.70 bits per heavy atom. The lowest BCUT2D eigenvalue weighted by Gasteiger charge is -2.10. The first-order valence-electron chi connectivity index (χ1n) is 6.26. The molecule has 0 aliphatic heterocycles. The molecule has 2 N–H and O–H groups in total. The van der Waals surface area contributed by atoms with Crippen molar-refractivity contribution in [3.63, 3.8) is 0 Å². The Morgan fingerprint density at radius 2 is 1.95 bits per heavy atom. The van der Waals surface area contributed by atoms with Crippen molar-refractivity contribution >= 4 is 26.9 Å². The number of rotatable bonds is 3. The zero-order chi connectivity index (χ0) is 14.1. The predicted octanol–water partition coefficient (Wildman–Crippen LogP) is 4.25. The van der Waals surface area contributed by atoms with Crippen molar-refractivity contribution < 1.29 is 9.15 Å². The molecule has 1 aromatic heterocycles. The van der Waals surface area contributed by atoms with Crippen molar-refractivity contribution in [2.75, 3.05) is 7.11 Å². The van der Waals surface area contributed by atoms with E-state index in [4.69, 9.17) is 14.9 Å². The zero-order valence-corrected chi connectivity index (χ0v) is 12.6. The van der Waals surface area contributed by atoms with Crippen molar-refractivity contribution in [3.8, 4) is 5.75 Å². The second-order valence-electron chi connectivity index (χ2n) is 4.56. The van der Waals surface area contributed by atoms with Gasteiger partial charge < -0.3 is 14.9 Å². The van der Waals surface area contributed by atoms with Gasteiger partial charge in [-0.25, -0.2) is 0 Å². The van der Waals surface area contributed by atoms with Crippen LogP contribution in [0, 0.1) is 0 Å². The first-order chi connectivity index (χ1) is 9.69. The fourth-order valence-corrected chi connectivity index (χ4v) is 2.66. The van der Waals surface area contributed by atoms with Gasteiger partial charge in [0.05, 0.1) is 17.6 Å². The summed E-state index contributed by atoms with van der Waals surface area (Å²) in [6.45, 7) is 0. The number of hydrogen-bond donors (Lipinski definition) is 1. The van der Waals surface area contributed by atoms with Gasteiger partial charge in [0.2, 0.25) is 0 Å². The number of hydrogen-bond acceptors (Lipinski definition) is 3. The van der Waals surface area contributed by atoms with Crippen LogP contribution in [0.15, 0.2) is 57.4 Å². The van der Waals surface area contributed by atoms with Gasteiger partial charge in [-0.05, 0) is 45.8 Å². The molecule has 0 radical (unpaired) electrons. The number of fused-ring (bicyclic) bond motifs is 1. The van der Waals surface area contributed by atoms with E-state index in [0.29, 0.717) is 0 Å². The van der Waals surface area contributed by atoms with Gasteiger partial charge in [-0.3, -0.25) is 0 Å². The molecule has 3 rings (SSSR count). The summed E-state index contributed by atoms with van der Waals surface area (Å²) in [7, 11) is 1.64. The van der Waals surface area contributed by atoms with E-state index in [2.05, 4.69) is 15.9 Å². The number of para-hydroxylation sites is 1. The Bertz CT molecular complexity index is 751. The molecule has 0 aliphatic carbocycles. The third-order valence-corrected chi connectivity index (χ3v) is 3.90. The molecule has 0 fully saturated rings. The van der Waals surface area contributed by atoms with E-state index in [1.165, 1.54) is 0 Å². The van der Waals surface area contributed by atoms with Crippen LogP contribution in [0.4, 0.5) is 0 Å². The fraction of sp³-hybridized carbons (Fsp3) is 0.125. The highest BCUT2D eigenvalue weighted by Crippen LogP contribution is 2.31. The Kier molecular flexibility index (Phi) is 3.51. The van der Waals surface area contributed by atoms with E-state index < -0.39 is 0 Å². The maximum absolute atomic E-state index is 6.29. The Hall–Kier alpha value is -1.78. The van der Waals surface area contributed by atoms with E-state index >= 15 is 0 Å². The van der Waals surface area contributed by atoms with Crippen LogP contribution in [0.2, 0.25) is 0 Å². The molecular formula is C16H14BrNO2. The van der Waals surface area contributed by atoms with Gasteiger partial charge in [-0.15, -0.1) is 0 Å². The lowest BCUT2D eigenvalue weighted by molar-refractivity contribution is 0.413. The molecule has 1 atom stereocenters. The fourth-order valence-electron chi connectivity index (χ4n) is 2.20. The molecule has 0 spiro atoms. The molecule has 0 saturated carbocycles. The van der Waals surface area contributed by atoms with Gasteiger partial charge in [0, 0.05) is 5.39 Å². The van der Waals surface area contributed by atoms with Gasteiger partial charge in [0.1, 0.15) is 17.1 Å². The van der Waals surface area contributed by atoms with Gasteiger partial charge in [0.15, 0.2) is 0 Å². The van der Waals surface area contributed by atoms with Crippen LogP contribution in [0.25, 0.3) is 11.0 Å². The summed E-state index contributed by atoms with van der Waals surface area (Å²) < 4.78 is 12.0. The van der Waals surface area contributed by atoms with Crippen LogP contribution in [0.5, 0.6) is 5.75 Å². The van der Waals surface area contributed by atoms with Crippen LogP contribution in [-0.4, -0.2) is 7.11 Å². The molecule has 0 saturated heterocycles. The minimum atomic E-state index is -0.315. The van der Waals surface area contributed by atoms with E-state index in [-0.39, 0.29) is 6.04 Å². The van der Waals surface area contributed by atoms with E-state index in [1.54, 1.807) is 7.11 Å². The molecule has 3 aromatic rings. The first kappa shape index (κ1) is 13.2. The molecular weight excluding hydrogens is 318 g/mol. The van der Waals surface area contributed by atoms with E-state index in [1.807, 2.05) is 48.5 Å². The number of nitrogens with two attached hydrogens (primary N) is 1. The maximum Gasteiger partial charge on any atom is 0.148 e. The highest BCUT2D eigenvalue weighted by Gasteiger charge is 2.15. The highest BCUT2D eigenvalue weighted by molar-refractivity contribution is 9.10. The van der Waals surface area contributed by atoms with Crippen LogP contribution in [0.3, 0.4) is 0 Å². The summed E-state index contributed by atoms with van der Waals surface area (Å²) in [6, 6.07) is 15.3. The molecule has 2 aromatic carbocycles. The van der Waals surface area contributed by atoms with Crippen LogP contribution in [-0.2, 0) is 0 Å². The number of benzene rings is 2. The second-order valence-corrected chi connectivity index (χ2v) is 5.42. The lowest BCUT2D eigenvalue weighted by Crippen LogP contribution is -2.10. The first-order valence-corrected chi connectivity index (χ1v) is 7.06. The number of methoxy groups -OCH3 is 1. The molecule has 1 unspecified atom stereocenters. The molecule has 0 aliphatic rings. The minimum absolute atomic E-state index is 0.315. The highest BCUT2D eigenvalue weighted by atomic mass is 79.9. The molecule has 102 valence electrons. The average molecular weight is 332 g/mol. The average Bonchev–Trinajstić information content (AvgIpc) is 2.92. The van der Waals surface area contributed by atoms with Crippen LogP contribution < -0.4 is 10.5 Å². The quantitative estimate of drug-likeness (QED) is 0.780. The van der Waals surface area contributed by atoms with Crippen molar-refractivity contribution in [2.24, 2.45) is 5.73 Å². The number of halogens is 1. The number of furan rings is 1. The third kappa shape index (κ3) is 2.32. The lowest BCUT2D eigenvalue weighted by atomic mass is 10.0. The Labute approximate surface area is 125 Å². The minimum Gasteiger partial charge on any atom is -0.497 e. The molecule has 4 heteroatoms. The number of ether oxygens (including phenoxy) is 1. The summed E-state index contributed by atoms with van der Waals surface area (Å²) in [6.07, 6.45) is 0. The van der Waals surface area contributed by atoms with Gasteiger partial charge in [-0.2, -0.15) is 0 Å². The summed E-state index contributed by atoms with van der Waals surface area (Å²) in [5.74, 6) is 1.52. The van der Waals surface area contributed by atoms with Crippen molar-refractivity contribution in [1.29, 1.82) is 0 Å². The second kappa shape index (κ2) is 5.31. The summed E-state index contributed by atoms with van der Waals surface area (Å²) in [5.41, 5.74) is 8.07. The zero-order valence-electron chi connectivity index (χ0n) is 11.0. The third-order valence-electron chi connectivity index (χ3n) is 3.27. The van der Waals surface area contributed by atoms with Crippen molar-refractivity contribution in [3.05, 3.63) is 64.3 Å². The molecule has 1 heterocycles. The van der Waals surface area contributed by atoms with E-state index in [9.17, 15) is 0 Å². The van der Waals surface area contributed by atoms with E-state index in [0.717, 1.165) is 32.5 Å². The molecule has 0 amide bonds. The molecule has 20 heavy (non-hydrogen) atoms. The molecule has 3 nitrogen and oxygen atoms in total. The van der Waals surface area contributed by atoms with Gasteiger partial charge >= 0.3 is 0 Å². The predicted molar refractivity (Wildman–Crippen MR) is 82.9 cm³/mol. The monoisotopic (exact) mass is 331 g/mol. The standard InChI is InChI=1S/C16H14BrNO2/c1-19-12-6-2-4-10(8-12)15(18)14-9-11-5-3-7-13(17)16(11)20-14/h2-9,15H,18H2,1H3. The SMILES string of the molecule is COc1cccc(C(N)c2cc3cccc(Br)c3o2)c1.